The minimum absolute atomic E-state index is 0.176. The number of rotatable bonds is 5. The van der Waals surface area contributed by atoms with Crippen molar-refractivity contribution in [3.05, 3.63) is 53.2 Å². The Morgan fingerprint density at radius 1 is 1.25 bits per heavy atom. The van der Waals surface area contributed by atoms with Crippen LogP contribution in [0.5, 0.6) is 0 Å². The lowest BCUT2D eigenvalue weighted by molar-refractivity contribution is -0.000509. The summed E-state index contributed by atoms with van der Waals surface area (Å²) in [4.78, 5) is 30.6. The van der Waals surface area contributed by atoms with Crippen LogP contribution >= 0.6 is 0 Å². The monoisotopic (exact) mass is 379 g/mol. The highest BCUT2D eigenvalue weighted by molar-refractivity contribution is 6.07. The van der Waals surface area contributed by atoms with Gasteiger partial charge in [-0.1, -0.05) is 6.92 Å². The molecule has 146 valence electrons. The molecule has 0 bridgehead atoms. The van der Waals surface area contributed by atoms with E-state index in [4.69, 9.17) is 4.74 Å². The van der Waals surface area contributed by atoms with Crippen molar-refractivity contribution in [1.29, 1.82) is 0 Å². The van der Waals surface area contributed by atoms with Crippen molar-refractivity contribution in [3.63, 3.8) is 0 Å². The van der Waals surface area contributed by atoms with Crippen LogP contribution in [0.4, 0.5) is 11.5 Å². The third-order valence-electron chi connectivity index (χ3n) is 5.79. The smallest absolute Gasteiger partial charge is 0.259 e. The summed E-state index contributed by atoms with van der Waals surface area (Å²) in [5.41, 5.74) is 3.18. The lowest BCUT2D eigenvalue weighted by atomic mass is 9.73. The fourth-order valence-electron chi connectivity index (χ4n) is 3.99. The van der Waals surface area contributed by atoms with Crippen molar-refractivity contribution >= 4 is 23.7 Å². The number of hydrogen-bond donors (Lipinski definition) is 1. The van der Waals surface area contributed by atoms with Crippen LogP contribution in [0.3, 0.4) is 0 Å². The van der Waals surface area contributed by atoms with Crippen molar-refractivity contribution < 1.29 is 14.3 Å². The number of carbonyl (C=O) groups excluding carboxylic acids is 2. The number of nitrogens with zero attached hydrogens (tertiary/aromatic N) is 2. The van der Waals surface area contributed by atoms with Crippen LogP contribution in [0.25, 0.3) is 0 Å². The van der Waals surface area contributed by atoms with Gasteiger partial charge in [-0.15, -0.1) is 0 Å². The lowest BCUT2D eigenvalue weighted by Crippen LogP contribution is -2.59. The summed E-state index contributed by atoms with van der Waals surface area (Å²) in [7, 11) is 0. The number of aldehydes is 1. The number of carbonyl (C=O) groups is 2. The Kier molecular flexibility index (Phi) is 5.13. The van der Waals surface area contributed by atoms with Crippen LogP contribution in [0.15, 0.2) is 36.5 Å². The third kappa shape index (κ3) is 3.64. The van der Waals surface area contributed by atoms with Gasteiger partial charge in [0.25, 0.3) is 5.91 Å². The fraction of sp³-hybridized carbons (Fsp3) is 0.409. The molecule has 2 aromatic rings. The SMILES string of the molecule is CCc1cnc(N2CC3(CCOCC3)C2)c(C(=O)Nc2ccc(C=O)cc2)c1. The predicted octanol–water partition coefficient (Wildman–Crippen LogP) is 3.33. The molecule has 2 saturated heterocycles. The number of anilines is 2. The normalized spacial score (nSPS) is 17.8. The van der Waals surface area contributed by atoms with Crippen molar-refractivity contribution in [1.82, 2.24) is 4.98 Å². The van der Waals surface area contributed by atoms with Crippen LogP contribution in [0.1, 0.15) is 46.0 Å². The fourth-order valence-corrected chi connectivity index (χ4v) is 3.99. The predicted molar refractivity (Wildman–Crippen MR) is 108 cm³/mol. The van der Waals surface area contributed by atoms with Crippen LogP contribution in [0, 0.1) is 5.41 Å². The Hall–Kier alpha value is -2.73. The maximum atomic E-state index is 13.0. The number of aromatic nitrogens is 1. The first-order valence-corrected chi connectivity index (χ1v) is 9.81. The van der Waals surface area contributed by atoms with E-state index in [9.17, 15) is 9.59 Å². The van der Waals surface area contributed by atoms with Gasteiger partial charge >= 0.3 is 0 Å². The average Bonchev–Trinajstić information content (AvgIpc) is 2.72. The second-order valence-corrected chi connectivity index (χ2v) is 7.73. The first kappa shape index (κ1) is 18.6. The zero-order valence-electron chi connectivity index (χ0n) is 16.1. The van der Waals surface area contributed by atoms with Gasteiger partial charge in [0, 0.05) is 49.2 Å². The minimum atomic E-state index is -0.176. The van der Waals surface area contributed by atoms with Gasteiger partial charge in [0.1, 0.15) is 12.1 Å². The summed E-state index contributed by atoms with van der Waals surface area (Å²) in [6.45, 7) is 5.53. The summed E-state index contributed by atoms with van der Waals surface area (Å²) in [5.74, 6) is 0.570. The van der Waals surface area contributed by atoms with E-state index >= 15 is 0 Å². The van der Waals surface area contributed by atoms with E-state index in [1.165, 1.54) is 0 Å². The van der Waals surface area contributed by atoms with Gasteiger partial charge in [-0.3, -0.25) is 9.59 Å². The molecule has 0 unspecified atom stereocenters. The Balaban J connectivity index is 1.54. The molecule has 2 fully saturated rings. The van der Waals surface area contributed by atoms with Crippen LogP contribution in [-0.2, 0) is 11.2 Å². The van der Waals surface area contributed by atoms with Crippen molar-refractivity contribution in [2.45, 2.75) is 26.2 Å². The van der Waals surface area contributed by atoms with Crippen molar-refractivity contribution in [2.24, 2.45) is 5.41 Å². The molecular formula is C22H25N3O3. The molecule has 1 amide bonds. The van der Waals surface area contributed by atoms with Gasteiger partial charge < -0.3 is 15.0 Å². The van der Waals surface area contributed by atoms with E-state index in [2.05, 4.69) is 22.1 Å². The largest absolute Gasteiger partial charge is 0.381 e. The molecule has 1 N–H and O–H groups in total. The highest BCUT2D eigenvalue weighted by Gasteiger charge is 2.45. The van der Waals surface area contributed by atoms with E-state index in [-0.39, 0.29) is 5.91 Å². The zero-order chi connectivity index (χ0) is 19.6. The van der Waals surface area contributed by atoms with Gasteiger partial charge in [0.05, 0.1) is 5.56 Å². The molecule has 1 aromatic carbocycles. The quantitative estimate of drug-likeness (QED) is 0.807. The summed E-state index contributed by atoms with van der Waals surface area (Å²) < 4.78 is 5.50. The van der Waals surface area contributed by atoms with E-state index in [1.807, 2.05) is 12.3 Å². The number of benzene rings is 1. The molecule has 0 radical (unpaired) electrons. The topological polar surface area (TPSA) is 71.5 Å². The summed E-state index contributed by atoms with van der Waals surface area (Å²) in [6.07, 6.45) is 5.61. The Morgan fingerprint density at radius 3 is 2.61 bits per heavy atom. The average molecular weight is 379 g/mol. The van der Waals surface area contributed by atoms with E-state index in [0.29, 0.717) is 22.2 Å². The van der Waals surface area contributed by atoms with Crippen LogP contribution < -0.4 is 10.2 Å². The van der Waals surface area contributed by atoms with Crippen molar-refractivity contribution in [3.8, 4) is 0 Å². The first-order chi connectivity index (χ1) is 13.6. The summed E-state index contributed by atoms with van der Waals surface area (Å²) in [6, 6.07) is 8.79. The number of amides is 1. The molecule has 0 atom stereocenters. The molecule has 3 heterocycles. The van der Waals surface area contributed by atoms with Gasteiger partial charge in [0.2, 0.25) is 0 Å². The Morgan fingerprint density at radius 2 is 1.96 bits per heavy atom. The molecule has 1 spiro atoms. The summed E-state index contributed by atoms with van der Waals surface area (Å²) in [5, 5.41) is 2.93. The van der Waals surface area contributed by atoms with Gasteiger partial charge in [-0.05, 0) is 55.2 Å². The molecule has 0 saturated carbocycles. The first-order valence-electron chi connectivity index (χ1n) is 9.81. The molecular weight excluding hydrogens is 354 g/mol. The van der Waals surface area contributed by atoms with Crippen LogP contribution in [-0.4, -0.2) is 43.5 Å². The lowest BCUT2D eigenvalue weighted by Gasteiger charge is -2.53. The van der Waals surface area contributed by atoms with E-state index < -0.39 is 0 Å². The second-order valence-electron chi connectivity index (χ2n) is 7.73. The Bertz CT molecular complexity index is 865. The van der Waals surface area contributed by atoms with Gasteiger partial charge in [0.15, 0.2) is 0 Å². The molecule has 2 aliphatic heterocycles. The second kappa shape index (κ2) is 7.72. The highest BCUT2D eigenvalue weighted by atomic mass is 16.5. The van der Waals surface area contributed by atoms with Gasteiger partial charge in [-0.25, -0.2) is 4.98 Å². The highest BCUT2D eigenvalue weighted by Crippen LogP contribution is 2.42. The molecule has 6 nitrogen and oxygen atoms in total. The van der Waals surface area contributed by atoms with Crippen LogP contribution in [0.2, 0.25) is 0 Å². The van der Waals surface area contributed by atoms with Gasteiger partial charge in [-0.2, -0.15) is 0 Å². The standard InChI is InChI=1S/C22H25N3O3/c1-2-16-11-19(21(27)24-18-5-3-17(13-26)4-6-18)20(23-12-16)25-14-22(15-25)7-9-28-10-8-22/h3-6,11-13H,2,7-10,14-15H2,1H3,(H,24,27). The minimum Gasteiger partial charge on any atom is -0.381 e. The summed E-state index contributed by atoms with van der Waals surface area (Å²) >= 11 is 0. The maximum Gasteiger partial charge on any atom is 0.259 e. The molecule has 0 aliphatic carbocycles. The molecule has 4 rings (SSSR count). The molecule has 1 aromatic heterocycles. The maximum absolute atomic E-state index is 13.0. The Labute approximate surface area is 164 Å². The molecule has 28 heavy (non-hydrogen) atoms. The van der Waals surface area contributed by atoms with E-state index in [1.54, 1.807) is 24.3 Å². The molecule has 6 heteroatoms. The number of ether oxygens (including phenoxy) is 1. The number of hydrogen-bond acceptors (Lipinski definition) is 5. The van der Waals surface area contributed by atoms with E-state index in [0.717, 1.165) is 63.2 Å². The number of aryl methyl sites for hydroxylation is 1. The molecule has 2 aliphatic rings. The number of pyridine rings is 1. The zero-order valence-corrected chi connectivity index (χ0v) is 16.1. The third-order valence-corrected chi connectivity index (χ3v) is 5.79. The van der Waals surface area contributed by atoms with Crippen molar-refractivity contribution in [2.75, 3.05) is 36.5 Å². The number of nitrogens with one attached hydrogen (secondary N) is 1.